The molecule has 100 valence electrons. The van der Waals surface area contributed by atoms with Crippen LogP contribution in [-0.4, -0.2) is 30.8 Å². The molecule has 0 saturated heterocycles. The molecule has 0 saturated carbocycles. The highest BCUT2D eigenvalue weighted by molar-refractivity contribution is 5.73. The van der Waals surface area contributed by atoms with Crippen LogP contribution in [0.15, 0.2) is 12.1 Å². The third-order valence-electron chi connectivity index (χ3n) is 3.07. The second kappa shape index (κ2) is 6.37. The predicted molar refractivity (Wildman–Crippen MR) is 69.8 cm³/mol. The van der Waals surface area contributed by atoms with Gasteiger partial charge in [0.15, 0.2) is 0 Å². The molecule has 0 aliphatic heterocycles. The molecule has 0 aliphatic carbocycles. The van der Waals surface area contributed by atoms with Crippen LogP contribution in [0.4, 0.5) is 0 Å². The molecule has 0 aromatic heterocycles. The Morgan fingerprint density at radius 1 is 1.44 bits per heavy atom. The molecular weight excluding hydrogens is 232 g/mol. The minimum atomic E-state index is -0.995. The molecule has 5 heteroatoms. The average molecular weight is 252 g/mol. The van der Waals surface area contributed by atoms with Gasteiger partial charge in [-0.25, -0.2) is 0 Å². The summed E-state index contributed by atoms with van der Waals surface area (Å²) in [5, 5.41) is 11.7. The van der Waals surface area contributed by atoms with E-state index >= 15 is 0 Å². The molecular formula is C13H20N2O3. The zero-order chi connectivity index (χ0) is 13.7. The van der Waals surface area contributed by atoms with Crippen LogP contribution < -0.4 is 15.8 Å². The van der Waals surface area contributed by atoms with E-state index in [-0.39, 0.29) is 6.54 Å². The van der Waals surface area contributed by atoms with Gasteiger partial charge < -0.3 is 20.9 Å². The summed E-state index contributed by atoms with van der Waals surface area (Å²) >= 11 is 0. The second-order valence-electron chi connectivity index (χ2n) is 4.25. The van der Waals surface area contributed by atoms with Gasteiger partial charge in [0, 0.05) is 13.1 Å². The fraction of sp³-hybridized carbons (Fsp3) is 0.462. The number of carbonyl (C=O) groups is 1. The Bertz CT molecular complexity index is 432. The highest BCUT2D eigenvalue weighted by Crippen LogP contribution is 2.23. The minimum Gasteiger partial charge on any atom is -0.496 e. The van der Waals surface area contributed by atoms with Gasteiger partial charge in [-0.2, -0.15) is 0 Å². The fourth-order valence-electron chi connectivity index (χ4n) is 1.71. The van der Waals surface area contributed by atoms with E-state index in [1.54, 1.807) is 7.11 Å². The number of nitrogens with two attached hydrogens (primary N) is 1. The topological polar surface area (TPSA) is 84.6 Å². The summed E-state index contributed by atoms with van der Waals surface area (Å²) in [4.78, 5) is 10.6. The number of hydrogen-bond acceptors (Lipinski definition) is 4. The maximum atomic E-state index is 10.6. The van der Waals surface area contributed by atoms with Crippen molar-refractivity contribution in [3.8, 4) is 5.75 Å². The van der Waals surface area contributed by atoms with Crippen LogP contribution >= 0.6 is 0 Å². The SMILES string of the molecule is COc1ccc(CNCC(N)C(=O)O)c(C)c1C. The zero-order valence-electron chi connectivity index (χ0n) is 11.0. The largest absolute Gasteiger partial charge is 0.496 e. The summed E-state index contributed by atoms with van der Waals surface area (Å²) in [6.07, 6.45) is 0. The minimum absolute atomic E-state index is 0.250. The molecule has 0 spiro atoms. The van der Waals surface area contributed by atoms with Crippen LogP contribution in [-0.2, 0) is 11.3 Å². The summed E-state index contributed by atoms with van der Waals surface area (Å²) in [5.41, 5.74) is 8.77. The highest BCUT2D eigenvalue weighted by Gasteiger charge is 2.11. The highest BCUT2D eigenvalue weighted by atomic mass is 16.5. The van der Waals surface area contributed by atoms with Crippen LogP contribution in [0.2, 0.25) is 0 Å². The molecule has 0 heterocycles. The van der Waals surface area contributed by atoms with Crippen molar-refractivity contribution in [1.29, 1.82) is 0 Å². The number of ether oxygens (including phenoxy) is 1. The Morgan fingerprint density at radius 2 is 2.11 bits per heavy atom. The van der Waals surface area contributed by atoms with E-state index in [1.807, 2.05) is 26.0 Å². The van der Waals surface area contributed by atoms with E-state index in [4.69, 9.17) is 15.6 Å². The van der Waals surface area contributed by atoms with Gasteiger partial charge in [0.25, 0.3) is 0 Å². The van der Waals surface area contributed by atoms with Crippen molar-refractivity contribution >= 4 is 5.97 Å². The molecule has 0 bridgehead atoms. The number of hydrogen-bond donors (Lipinski definition) is 3. The van der Waals surface area contributed by atoms with Gasteiger partial charge in [-0.15, -0.1) is 0 Å². The lowest BCUT2D eigenvalue weighted by atomic mass is 10.0. The van der Waals surface area contributed by atoms with Crippen LogP contribution in [0.1, 0.15) is 16.7 Å². The molecule has 1 aromatic rings. The van der Waals surface area contributed by atoms with Crippen LogP contribution in [0.25, 0.3) is 0 Å². The zero-order valence-corrected chi connectivity index (χ0v) is 11.0. The van der Waals surface area contributed by atoms with E-state index in [1.165, 1.54) is 0 Å². The standard InChI is InChI=1S/C13H20N2O3/c1-8-9(2)12(18-3)5-4-10(8)6-15-7-11(14)13(16)17/h4-5,11,15H,6-7,14H2,1-3H3,(H,16,17). The summed E-state index contributed by atoms with van der Waals surface area (Å²) in [5.74, 6) is -0.136. The third kappa shape index (κ3) is 3.45. The molecule has 4 N–H and O–H groups in total. The van der Waals surface area contributed by atoms with Gasteiger partial charge >= 0.3 is 5.97 Å². The number of methoxy groups -OCH3 is 1. The lowest BCUT2D eigenvalue weighted by Gasteiger charge is -2.14. The Kier molecular flexibility index (Phi) is 5.12. The van der Waals surface area contributed by atoms with Crippen LogP contribution in [0.3, 0.4) is 0 Å². The maximum Gasteiger partial charge on any atom is 0.321 e. The van der Waals surface area contributed by atoms with Crippen molar-refractivity contribution in [1.82, 2.24) is 5.32 Å². The monoisotopic (exact) mass is 252 g/mol. The van der Waals surface area contributed by atoms with Gasteiger partial charge in [-0.1, -0.05) is 6.07 Å². The van der Waals surface area contributed by atoms with E-state index in [0.29, 0.717) is 6.54 Å². The first-order valence-corrected chi connectivity index (χ1v) is 5.79. The van der Waals surface area contributed by atoms with E-state index in [2.05, 4.69) is 5.32 Å². The maximum absolute atomic E-state index is 10.6. The van der Waals surface area contributed by atoms with E-state index < -0.39 is 12.0 Å². The van der Waals surface area contributed by atoms with E-state index in [9.17, 15) is 4.79 Å². The van der Waals surface area contributed by atoms with Crippen molar-refractivity contribution in [2.75, 3.05) is 13.7 Å². The summed E-state index contributed by atoms with van der Waals surface area (Å²) < 4.78 is 5.24. The molecule has 1 unspecified atom stereocenters. The van der Waals surface area contributed by atoms with Crippen molar-refractivity contribution in [3.63, 3.8) is 0 Å². The summed E-state index contributed by atoms with van der Waals surface area (Å²) in [7, 11) is 1.64. The number of nitrogens with one attached hydrogen (secondary N) is 1. The molecule has 1 atom stereocenters. The molecule has 5 nitrogen and oxygen atoms in total. The Labute approximate surface area is 107 Å². The Balaban J connectivity index is 2.63. The molecule has 0 aliphatic rings. The fourth-order valence-corrected chi connectivity index (χ4v) is 1.71. The van der Waals surface area contributed by atoms with Crippen molar-refractivity contribution in [2.45, 2.75) is 26.4 Å². The summed E-state index contributed by atoms with van der Waals surface area (Å²) in [6.45, 7) is 4.87. The number of aliphatic carboxylic acids is 1. The normalized spacial score (nSPS) is 12.2. The van der Waals surface area contributed by atoms with Gasteiger partial charge in [0.05, 0.1) is 7.11 Å². The second-order valence-corrected chi connectivity index (χ2v) is 4.25. The third-order valence-corrected chi connectivity index (χ3v) is 3.07. The van der Waals surface area contributed by atoms with E-state index in [0.717, 1.165) is 22.4 Å². The Hall–Kier alpha value is -1.59. The van der Waals surface area contributed by atoms with Gasteiger partial charge in [0.2, 0.25) is 0 Å². The first kappa shape index (κ1) is 14.5. The lowest BCUT2D eigenvalue weighted by molar-refractivity contribution is -0.138. The van der Waals surface area contributed by atoms with Gasteiger partial charge in [0.1, 0.15) is 11.8 Å². The number of carboxylic acids is 1. The van der Waals surface area contributed by atoms with Crippen molar-refractivity contribution in [2.24, 2.45) is 5.73 Å². The van der Waals surface area contributed by atoms with Crippen LogP contribution in [0.5, 0.6) is 5.75 Å². The predicted octanol–water partition coefficient (Wildman–Crippen LogP) is 0.814. The van der Waals surface area contributed by atoms with Crippen molar-refractivity contribution < 1.29 is 14.6 Å². The Morgan fingerprint density at radius 3 is 2.67 bits per heavy atom. The molecule has 0 radical (unpaired) electrons. The molecule has 1 aromatic carbocycles. The number of rotatable bonds is 6. The molecule has 1 rings (SSSR count). The first-order chi connectivity index (χ1) is 8.47. The quantitative estimate of drug-likeness (QED) is 0.698. The van der Waals surface area contributed by atoms with Gasteiger partial charge in [-0.05, 0) is 36.6 Å². The molecule has 0 amide bonds. The van der Waals surface area contributed by atoms with Crippen molar-refractivity contribution in [3.05, 3.63) is 28.8 Å². The number of carboxylic acid groups (broad SMARTS) is 1. The smallest absolute Gasteiger partial charge is 0.321 e. The number of benzene rings is 1. The summed E-state index contributed by atoms with van der Waals surface area (Å²) in [6, 6.07) is 3.02. The average Bonchev–Trinajstić information content (AvgIpc) is 2.34. The molecule has 0 fully saturated rings. The first-order valence-electron chi connectivity index (χ1n) is 5.79. The lowest BCUT2D eigenvalue weighted by Crippen LogP contribution is -2.40. The van der Waals surface area contributed by atoms with Gasteiger partial charge in [-0.3, -0.25) is 4.79 Å². The van der Waals surface area contributed by atoms with Crippen LogP contribution in [0, 0.1) is 13.8 Å². The molecule has 18 heavy (non-hydrogen) atoms.